The van der Waals surface area contributed by atoms with Crippen LogP contribution < -0.4 is 10.1 Å². The van der Waals surface area contributed by atoms with Crippen LogP contribution in [0.1, 0.15) is 29.7 Å². The third kappa shape index (κ3) is 3.84. The van der Waals surface area contributed by atoms with Gasteiger partial charge in [0, 0.05) is 6.04 Å². The molecule has 0 radical (unpaired) electrons. The Morgan fingerprint density at radius 2 is 1.90 bits per heavy atom. The number of hydrogen-bond donors (Lipinski definition) is 1. The Morgan fingerprint density at radius 1 is 1.10 bits per heavy atom. The van der Waals surface area contributed by atoms with E-state index in [1.165, 1.54) is 16.7 Å². The molecule has 0 saturated carbocycles. The highest BCUT2D eigenvalue weighted by molar-refractivity contribution is 5.31. The zero-order valence-corrected chi connectivity index (χ0v) is 12.5. The van der Waals surface area contributed by atoms with E-state index in [1.807, 2.05) is 12.1 Å². The zero-order valence-electron chi connectivity index (χ0n) is 12.5. The number of nitrogens with one attached hydrogen (secondary N) is 1. The first kappa shape index (κ1) is 14.6. The summed E-state index contributed by atoms with van der Waals surface area (Å²) in [6.45, 7) is 5.25. The first-order valence-corrected chi connectivity index (χ1v) is 7.15. The van der Waals surface area contributed by atoms with Crippen molar-refractivity contribution >= 4 is 0 Å². The van der Waals surface area contributed by atoms with E-state index in [-0.39, 0.29) is 0 Å². The first-order valence-electron chi connectivity index (χ1n) is 7.15. The fraction of sp³-hybridized carbons (Fsp3) is 0.333. The van der Waals surface area contributed by atoms with Crippen molar-refractivity contribution in [2.24, 2.45) is 0 Å². The Kier molecular flexibility index (Phi) is 5.19. The van der Waals surface area contributed by atoms with Crippen LogP contribution in [0.25, 0.3) is 0 Å². The molecule has 2 aromatic carbocycles. The number of rotatable bonds is 6. The molecule has 0 aliphatic rings. The van der Waals surface area contributed by atoms with E-state index < -0.39 is 0 Å². The third-order valence-electron chi connectivity index (χ3n) is 3.47. The van der Waals surface area contributed by atoms with Crippen LogP contribution in [0.4, 0.5) is 0 Å². The van der Waals surface area contributed by atoms with Crippen molar-refractivity contribution in [3.63, 3.8) is 0 Å². The molecule has 106 valence electrons. The average Bonchev–Trinajstić information content (AvgIpc) is 2.47. The van der Waals surface area contributed by atoms with Crippen molar-refractivity contribution in [3.05, 3.63) is 65.2 Å². The molecule has 0 heterocycles. The summed E-state index contributed by atoms with van der Waals surface area (Å²) in [4.78, 5) is 0. The number of hydrogen-bond acceptors (Lipinski definition) is 2. The van der Waals surface area contributed by atoms with Crippen molar-refractivity contribution in [2.75, 3.05) is 13.7 Å². The van der Waals surface area contributed by atoms with Crippen molar-refractivity contribution < 1.29 is 4.74 Å². The number of aryl methyl sites for hydroxylation is 1. The lowest BCUT2D eigenvalue weighted by Gasteiger charge is -2.19. The number of likely N-dealkylation sites (N-methyl/N-ethyl adjacent to an activating group) is 1. The highest BCUT2D eigenvalue weighted by Crippen LogP contribution is 2.22. The van der Waals surface area contributed by atoms with E-state index in [0.29, 0.717) is 6.04 Å². The molecule has 0 fully saturated rings. The average molecular weight is 269 g/mol. The quantitative estimate of drug-likeness (QED) is 0.859. The maximum atomic E-state index is 5.30. The molecule has 2 rings (SSSR count). The molecule has 1 N–H and O–H groups in total. The Balaban J connectivity index is 2.20. The van der Waals surface area contributed by atoms with Gasteiger partial charge < -0.3 is 10.1 Å². The summed E-state index contributed by atoms with van der Waals surface area (Å²) >= 11 is 0. The van der Waals surface area contributed by atoms with Gasteiger partial charge in [0.2, 0.25) is 0 Å². The maximum absolute atomic E-state index is 5.30. The van der Waals surface area contributed by atoms with E-state index in [0.717, 1.165) is 18.7 Å². The molecule has 0 aromatic heterocycles. The van der Waals surface area contributed by atoms with E-state index in [4.69, 9.17) is 4.74 Å². The fourth-order valence-electron chi connectivity index (χ4n) is 2.48. The minimum atomic E-state index is 0.340. The Morgan fingerprint density at radius 3 is 2.60 bits per heavy atom. The summed E-state index contributed by atoms with van der Waals surface area (Å²) < 4.78 is 5.30. The summed E-state index contributed by atoms with van der Waals surface area (Å²) in [7, 11) is 1.71. The topological polar surface area (TPSA) is 21.3 Å². The molecule has 2 aromatic rings. The maximum Gasteiger partial charge on any atom is 0.119 e. The lowest BCUT2D eigenvalue weighted by molar-refractivity contribution is 0.414. The predicted molar refractivity (Wildman–Crippen MR) is 84.3 cm³/mol. The minimum Gasteiger partial charge on any atom is -0.497 e. The van der Waals surface area contributed by atoms with Crippen molar-refractivity contribution in [1.29, 1.82) is 0 Å². The summed E-state index contributed by atoms with van der Waals surface area (Å²) in [5.74, 6) is 0.919. The van der Waals surface area contributed by atoms with Crippen LogP contribution in [0.5, 0.6) is 5.75 Å². The Labute approximate surface area is 121 Å². The predicted octanol–water partition coefficient (Wildman–Crippen LogP) is 3.90. The molecule has 1 atom stereocenters. The van der Waals surface area contributed by atoms with Gasteiger partial charge in [-0.1, -0.05) is 48.9 Å². The lowest BCUT2D eigenvalue weighted by atomic mass is 9.97. The van der Waals surface area contributed by atoms with Crippen LogP contribution in [0.2, 0.25) is 0 Å². The minimum absolute atomic E-state index is 0.340. The fourth-order valence-corrected chi connectivity index (χ4v) is 2.48. The molecule has 0 spiro atoms. The number of methoxy groups -OCH3 is 1. The largest absolute Gasteiger partial charge is 0.497 e. The number of benzene rings is 2. The van der Waals surface area contributed by atoms with E-state index in [9.17, 15) is 0 Å². The van der Waals surface area contributed by atoms with Crippen LogP contribution in [0.3, 0.4) is 0 Å². The van der Waals surface area contributed by atoms with Crippen molar-refractivity contribution in [1.82, 2.24) is 5.32 Å². The molecular formula is C18H23NO. The normalized spacial score (nSPS) is 12.2. The summed E-state index contributed by atoms with van der Waals surface area (Å²) in [5, 5.41) is 3.57. The van der Waals surface area contributed by atoms with Gasteiger partial charge in [-0.2, -0.15) is 0 Å². The molecule has 20 heavy (non-hydrogen) atoms. The molecule has 1 unspecified atom stereocenters. The van der Waals surface area contributed by atoms with Gasteiger partial charge in [-0.3, -0.25) is 0 Å². The summed E-state index contributed by atoms with van der Waals surface area (Å²) in [6.07, 6.45) is 0.967. The van der Waals surface area contributed by atoms with Gasteiger partial charge in [0.05, 0.1) is 7.11 Å². The molecular weight excluding hydrogens is 246 g/mol. The van der Waals surface area contributed by atoms with Gasteiger partial charge in [0.1, 0.15) is 5.75 Å². The third-order valence-corrected chi connectivity index (χ3v) is 3.47. The van der Waals surface area contributed by atoms with Crippen LogP contribution in [-0.2, 0) is 6.42 Å². The van der Waals surface area contributed by atoms with Crippen molar-refractivity contribution in [2.45, 2.75) is 26.3 Å². The van der Waals surface area contributed by atoms with Gasteiger partial charge in [-0.25, -0.2) is 0 Å². The Bertz CT molecular complexity index is 551. The lowest BCUT2D eigenvalue weighted by Crippen LogP contribution is -2.23. The van der Waals surface area contributed by atoms with Gasteiger partial charge in [-0.15, -0.1) is 0 Å². The summed E-state index contributed by atoms with van der Waals surface area (Å²) in [6, 6.07) is 17.4. The van der Waals surface area contributed by atoms with Gasteiger partial charge >= 0.3 is 0 Å². The van der Waals surface area contributed by atoms with Gasteiger partial charge in [0.15, 0.2) is 0 Å². The van der Waals surface area contributed by atoms with Crippen LogP contribution in [0, 0.1) is 6.92 Å². The Hall–Kier alpha value is -1.80. The van der Waals surface area contributed by atoms with E-state index in [1.54, 1.807) is 7.11 Å². The molecule has 0 aliphatic carbocycles. The monoisotopic (exact) mass is 269 g/mol. The highest BCUT2D eigenvalue weighted by atomic mass is 16.5. The van der Waals surface area contributed by atoms with Gasteiger partial charge in [-0.05, 0) is 43.1 Å². The second-order valence-electron chi connectivity index (χ2n) is 5.08. The van der Waals surface area contributed by atoms with Gasteiger partial charge in [0.25, 0.3) is 0 Å². The zero-order chi connectivity index (χ0) is 14.4. The molecule has 0 amide bonds. The summed E-state index contributed by atoms with van der Waals surface area (Å²) in [5.41, 5.74) is 3.93. The molecule has 0 aliphatic heterocycles. The molecule has 0 bridgehead atoms. The second-order valence-corrected chi connectivity index (χ2v) is 5.08. The SMILES string of the molecule is CCNC(Cc1cccc(OC)c1)c1cccc(C)c1. The highest BCUT2D eigenvalue weighted by Gasteiger charge is 2.11. The standard InChI is InChI=1S/C18H23NO/c1-4-19-18(16-9-5-7-14(2)11-16)13-15-8-6-10-17(12-15)20-3/h5-12,18-19H,4,13H2,1-3H3. The first-order chi connectivity index (χ1) is 9.72. The van der Waals surface area contributed by atoms with E-state index in [2.05, 4.69) is 55.6 Å². The van der Waals surface area contributed by atoms with Crippen molar-refractivity contribution in [3.8, 4) is 5.75 Å². The number of ether oxygens (including phenoxy) is 1. The van der Waals surface area contributed by atoms with Crippen LogP contribution in [0.15, 0.2) is 48.5 Å². The van der Waals surface area contributed by atoms with E-state index >= 15 is 0 Å². The molecule has 0 saturated heterocycles. The van der Waals surface area contributed by atoms with Crippen LogP contribution >= 0.6 is 0 Å². The smallest absolute Gasteiger partial charge is 0.119 e. The molecule has 2 heteroatoms. The molecule has 2 nitrogen and oxygen atoms in total. The van der Waals surface area contributed by atoms with Crippen LogP contribution in [-0.4, -0.2) is 13.7 Å². The second kappa shape index (κ2) is 7.11.